The lowest BCUT2D eigenvalue weighted by Gasteiger charge is -2.28. The summed E-state index contributed by atoms with van der Waals surface area (Å²) in [5, 5.41) is 19.8. The lowest BCUT2D eigenvalue weighted by atomic mass is 9.90. The molecule has 3 rings (SSSR count). The zero-order valence-corrected chi connectivity index (χ0v) is 17.5. The summed E-state index contributed by atoms with van der Waals surface area (Å²) in [6.07, 6.45) is 7.46. The fourth-order valence-corrected chi connectivity index (χ4v) is 3.90. The Hall–Kier alpha value is -1.97. The Balaban J connectivity index is 0.00000280. The number of aromatic hydroxyl groups is 2. The number of hydrogen-bond acceptors (Lipinski definition) is 3. The quantitative estimate of drug-likeness (QED) is 0.585. The molecule has 28 heavy (non-hydrogen) atoms. The topological polar surface area (TPSA) is 43.7 Å². The van der Waals surface area contributed by atoms with E-state index in [1.54, 1.807) is 23.8 Å². The first-order chi connectivity index (χ1) is 13.1. The van der Waals surface area contributed by atoms with E-state index in [0.717, 1.165) is 51.7 Å². The third kappa shape index (κ3) is 6.29. The van der Waals surface area contributed by atoms with Crippen molar-refractivity contribution >= 4 is 12.4 Å². The molecule has 0 fully saturated rings. The van der Waals surface area contributed by atoms with E-state index in [9.17, 15) is 10.2 Å². The van der Waals surface area contributed by atoms with Crippen LogP contribution in [0.25, 0.3) is 0 Å². The minimum atomic E-state index is 0. The van der Waals surface area contributed by atoms with Crippen molar-refractivity contribution in [3.8, 4) is 11.5 Å². The summed E-state index contributed by atoms with van der Waals surface area (Å²) in [7, 11) is 0. The minimum absolute atomic E-state index is 0. The van der Waals surface area contributed by atoms with Crippen LogP contribution in [-0.2, 0) is 12.8 Å². The fraction of sp³-hybridized carbons (Fsp3) is 0.417. The summed E-state index contributed by atoms with van der Waals surface area (Å²) < 4.78 is 0. The molecule has 3 nitrogen and oxygen atoms in total. The molecule has 0 saturated heterocycles. The maximum absolute atomic E-state index is 9.89. The standard InChI is InChI=1S/C24H31NO2.ClH/c1-19(7-5-10-22-23(26)11-6-12-24(22)27)21-14-17-25(18-15-21)16-13-20-8-3-2-4-9-20;/h2-4,6,8-9,11-12,14,19,26-27H,5,7,10,13,15-18H2,1H3;1H. The SMILES string of the molecule is CC(CCCc1c(O)cccc1O)C1=CCN(CCc2ccccc2)CC1.Cl. The molecule has 1 aliphatic rings. The summed E-state index contributed by atoms with van der Waals surface area (Å²) in [5.41, 5.74) is 3.65. The summed E-state index contributed by atoms with van der Waals surface area (Å²) in [6, 6.07) is 15.7. The van der Waals surface area contributed by atoms with Gasteiger partial charge in [-0.15, -0.1) is 12.4 Å². The molecule has 2 aromatic carbocycles. The van der Waals surface area contributed by atoms with E-state index >= 15 is 0 Å². The van der Waals surface area contributed by atoms with E-state index in [0.29, 0.717) is 11.5 Å². The van der Waals surface area contributed by atoms with Crippen molar-refractivity contribution in [2.75, 3.05) is 19.6 Å². The van der Waals surface area contributed by atoms with Crippen LogP contribution in [0.3, 0.4) is 0 Å². The van der Waals surface area contributed by atoms with Crippen molar-refractivity contribution in [2.45, 2.75) is 39.0 Å². The van der Waals surface area contributed by atoms with Gasteiger partial charge in [-0.05, 0) is 55.7 Å². The van der Waals surface area contributed by atoms with Crippen molar-refractivity contribution in [3.63, 3.8) is 0 Å². The predicted octanol–water partition coefficient (Wildman–Crippen LogP) is 5.35. The summed E-state index contributed by atoms with van der Waals surface area (Å²) in [5.74, 6) is 0.969. The maximum atomic E-state index is 9.89. The van der Waals surface area contributed by atoms with Gasteiger partial charge in [0.25, 0.3) is 0 Å². The van der Waals surface area contributed by atoms with Crippen LogP contribution in [0, 0.1) is 5.92 Å². The van der Waals surface area contributed by atoms with Crippen LogP contribution >= 0.6 is 12.4 Å². The smallest absolute Gasteiger partial charge is 0.122 e. The van der Waals surface area contributed by atoms with Crippen molar-refractivity contribution in [3.05, 3.63) is 71.3 Å². The van der Waals surface area contributed by atoms with Crippen LogP contribution in [0.4, 0.5) is 0 Å². The molecule has 0 aliphatic carbocycles. The van der Waals surface area contributed by atoms with E-state index in [-0.39, 0.29) is 23.9 Å². The van der Waals surface area contributed by atoms with Crippen molar-refractivity contribution in [1.82, 2.24) is 4.90 Å². The Morgan fingerprint density at radius 2 is 1.68 bits per heavy atom. The van der Waals surface area contributed by atoms with Gasteiger partial charge in [-0.2, -0.15) is 0 Å². The van der Waals surface area contributed by atoms with E-state index in [1.807, 2.05) is 0 Å². The van der Waals surface area contributed by atoms with Gasteiger partial charge in [-0.25, -0.2) is 0 Å². The second-order valence-electron chi connectivity index (χ2n) is 7.63. The minimum Gasteiger partial charge on any atom is -0.508 e. The van der Waals surface area contributed by atoms with Crippen molar-refractivity contribution in [1.29, 1.82) is 0 Å². The van der Waals surface area contributed by atoms with Gasteiger partial charge >= 0.3 is 0 Å². The largest absolute Gasteiger partial charge is 0.508 e. The lowest BCUT2D eigenvalue weighted by molar-refractivity contribution is 0.290. The highest BCUT2D eigenvalue weighted by molar-refractivity contribution is 5.85. The number of phenolic OH excluding ortho intramolecular Hbond substituents is 2. The van der Waals surface area contributed by atoms with Crippen LogP contribution in [-0.4, -0.2) is 34.7 Å². The molecular formula is C24H32ClNO2. The first kappa shape index (κ1) is 22.3. The average molecular weight is 402 g/mol. The zero-order valence-electron chi connectivity index (χ0n) is 16.7. The number of rotatable bonds is 8. The van der Waals surface area contributed by atoms with E-state index < -0.39 is 0 Å². The molecule has 0 amide bonds. The van der Waals surface area contributed by atoms with Crippen LogP contribution < -0.4 is 0 Å². The summed E-state index contributed by atoms with van der Waals surface area (Å²) in [6.45, 7) is 5.61. The Labute approximate surface area is 175 Å². The van der Waals surface area contributed by atoms with Gasteiger partial charge in [0.05, 0.1) is 0 Å². The molecule has 0 saturated carbocycles. The molecule has 152 valence electrons. The molecule has 0 radical (unpaired) electrons. The van der Waals surface area contributed by atoms with Crippen LogP contribution in [0.5, 0.6) is 11.5 Å². The summed E-state index contributed by atoms with van der Waals surface area (Å²) >= 11 is 0. The van der Waals surface area contributed by atoms with Gasteiger partial charge in [-0.3, -0.25) is 4.90 Å². The van der Waals surface area contributed by atoms with Crippen LogP contribution in [0.15, 0.2) is 60.2 Å². The predicted molar refractivity (Wildman–Crippen MR) is 118 cm³/mol. The third-order valence-electron chi connectivity index (χ3n) is 5.71. The lowest BCUT2D eigenvalue weighted by Crippen LogP contribution is -2.31. The molecule has 2 N–H and O–H groups in total. The van der Waals surface area contributed by atoms with E-state index in [1.165, 1.54) is 5.56 Å². The molecule has 1 heterocycles. The first-order valence-corrected chi connectivity index (χ1v) is 10.1. The van der Waals surface area contributed by atoms with E-state index in [4.69, 9.17) is 0 Å². The van der Waals surface area contributed by atoms with Gasteiger partial charge < -0.3 is 10.2 Å². The van der Waals surface area contributed by atoms with Gasteiger partial charge in [0.15, 0.2) is 0 Å². The number of phenols is 2. The van der Waals surface area contributed by atoms with E-state index in [2.05, 4.69) is 48.2 Å². The maximum Gasteiger partial charge on any atom is 0.122 e. The Morgan fingerprint density at radius 1 is 0.964 bits per heavy atom. The average Bonchev–Trinajstić information content (AvgIpc) is 2.70. The van der Waals surface area contributed by atoms with Crippen LogP contribution in [0.1, 0.15) is 37.3 Å². The zero-order chi connectivity index (χ0) is 19.1. The third-order valence-corrected chi connectivity index (χ3v) is 5.71. The number of hydrogen-bond donors (Lipinski definition) is 2. The molecule has 0 bridgehead atoms. The fourth-order valence-electron chi connectivity index (χ4n) is 3.90. The molecule has 1 atom stereocenters. The molecule has 2 aromatic rings. The van der Waals surface area contributed by atoms with Crippen molar-refractivity contribution in [2.24, 2.45) is 5.92 Å². The van der Waals surface area contributed by atoms with Gasteiger partial charge in [0.1, 0.15) is 11.5 Å². The molecular weight excluding hydrogens is 370 g/mol. The highest BCUT2D eigenvalue weighted by Gasteiger charge is 2.16. The highest BCUT2D eigenvalue weighted by atomic mass is 35.5. The van der Waals surface area contributed by atoms with Crippen LogP contribution in [0.2, 0.25) is 0 Å². The Morgan fingerprint density at radius 3 is 2.32 bits per heavy atom. The number of nitrogens with zero attached hydrogens (tertiary/aromatic N) is 1. The van der Waals surface area contributed by atoms with Gasteiger partial charge in [0.2, 0.25) is 0 Å². The Kier molecular flexibility index (Phi) is 8.88. The molecule has 1 unspecified atom stereocenters. The normalized spacial score (nSPS) is 15.5. The number of benzene rings is 2. The van der Waals surface area contributed by atoms with Crippen molar-refractivity contribution < 1.29 is 10.2 Å². The second kappa shape index (κ2) is 11.1. The molecule has 0 spiro atoms. The summed E-state index contributed by atoms with van der Waals surface area (Å²) in [4.78, 5) is 2.53. The Bertz CT molecular complexity index is 740. The molecule has 1 aliphatic heterocycles. The second-order valence-corrected chi connectivity index (χ2v) is 7.63. The number of halogens is 1. The molecule has 4 heteroatoms. The first-order valence-electron chi connectivity index (χ1n) is 10.1. The highest BCUT2D eigenvalue weighted by Crippen LogP contribution is 2.30. The molecule has 0 aromatic heterocycles. The van der Waals surface area contributed by atoms with Gasteiger partial charge in [-0.1, -0.05) is 55.0 Å². The monoisotopic (exact) mass is 401 g/mol. The van der Waals surface area contributed by atoms with Gasteiger partial charge in [0, 0.05) is 25.2 Å².